The maximum atomic E-state index is 13.8. The molecule has 1 saturated heterocycles. The van der Waals surface area contributed by atoms with Gasteiger partial charge in [-0.2, -0.15) is 5.90 Å². The van der Waals surface area contributed by atoms with Gasteiger partial charge in [-0.1, -0.05) is 6.07 Å². The van der Waals surface area contributed by atoms with E-state index >= 15 is 0 Å². The van der Waals surface area contributed by atoms with Crippen molar-refractivity contribution in [1.82, 2.24) is 14.8 Å². The first kappa shape index (κ1) is 20.9. The molecule has 0 aliphatic carbocycles. The van der Waals surface area contributed by atoms with Crippen LogP contribution in [0.1, 0.15) is 39.8 Å². The molecule has 3 heterocycles. The molecule has 0 saturated carbocycles. The summed E-state index contributed by atoms with van der Waals surface area (Å²) in [4.78, 5) is 44.7. The van der Waals surface area contributed by atoms with Crippen molar-refractivity contribution < 1.29 is 27.9 Å². The first-order valence-corrected chi connectivity index (χ1v) is 9.62. The Kier molecular flexibility index (Phi) is 5.46. The Balaban J connectivity index is 1.66. The van der Waals surface area contributed by atoms with Crippen molar-refractivity contribution in [3.05, 3.63) is 63.1 Å². The van der Waals surface area contributed by atoms with Crippen LogP contribution in [0.3, 0.4) is 0 Å². The number of aromatic nitrogens is 1. The molecular weight excluding hydrogens is 414 g/mol. The SMILES string of the molecule is C[C@@H]1CCOC2Cn3cc(C(=O)NCc4ccc(F)cc4F)c(=O)c(ON)c3C(=O)N21. The van der Waals surface area contributed by atoms with E-state index in [4.69, 9.17) is 15.5 Å². The number of amides is 2. The van der Waals surface area contributed by atoms with Gasteiger partial charge in [0.15, 0.2) is 11.9 Å². The first-order valence-electron chi connectivity index (χ1n) is 9.62. The minimum atomic E-state index is -0.872. The van der Waals surface area contributed by atoms with Crippen LogP contribution in [0.25, 0.3) is 0 Å². The van der Waals surface area contributed by atoms with E-state index in [1.165, 1.54) is 21.7 Å². The van der Waals surface area contributed by atoms with Crippen LogP contribution in [0.15, 0.2) is 29.2 Å². The summed E-state index contributed by atoms with van der Waals surface area (Å²) in [5.74, 6) is 1.93. The Bertz CT molecular complexity index is 1120. The van der Waals surface area contributed by atoms with Crippen molar-refractivity contribution in [2.75, 3.05) is 6.61 Å². The first-order chi connectivity index (χ1) is 14.8. The van der Waals surface area contributed by atoms with Crippen molar-refractivity contribution in [2.45, 2.75) is 38.7 Å². The Morgan fingerprint density at radius 1 is 1.35 bits per heavy atom. The lowest BCUT2D eigenvalue weighted by Gasteiger charge is -2.44. The fourth-order valence-electron chi connectivity index (χ4n) is 3.85. The lowest BCUT2D eigenvalue weighted by molar-refractivity contribution is -0.112. The van der Waals surface area contributed by atoms with Gasteiger partial charge < -0.3 is 24.4 Å². The summed E-state index contributed by atoms with van der Waals surface area (Å²) in [5, 5.41) is 2.41. The maximum absolute atomic E-state index is 13.8. The van der Waals surface area contributed by atoms with Gasteiger partial charge in [0.05, 0.1) is 13.2 Å². The molecule has 9 nitrogen and oxygen atoms in total. The van der Waals surface area contributed by atoms with E-state index in [1.54, 1.807) is 0 Å². The van der Waals surface area contributed by atoms with Crippen LogP contribution in [0.2, 0.25) is 0 Å². The van der Waals surface area contributed by atoms with Crippen molar-refractivity contribution in [1.29, 1.82) is 0 Å². The third-order valence-corrected chi connectivity index (χ3v) is 5.48. The molecule has 31 heavy (non-hydrogen) atoms. The summed E-state index contributed by atoms with van der Waals surface area (Å²) in [6, 6.07) is 2.84. The number of nitrogens with one attached hydrogen (secondary N) is 1. The third-order valence-electron chi connectivity index (χ3n) is 5.48. The molecule has 2 aromatic rings. The Hall–Kier alpha value is -3.31. The third kappa shape index (κ3) is 3.66. The molecule has 1 fully saturated rings. The van der Waals surface area contributed by atoms with Gasteiger partial charge in [0.2, 0.25) is 11.2 Å². The summed E-state index contributed by atoms with van der Waals surface area (Å²) in [7, 11) is 0. The molecule has 2 atom stereocenters. The number of benzene rings is 1. The number of nitrogens with two attached hydrogens (primary N) is 1. The highest BCUT2D eigenvalue weighted by molar-refractivity contribution is 5.99. The zero-order valence-corrected chi connectivity index (χ0v) is 16.6. The van der Waals surface area contributed by atoms with Crippen LogP contribution >= 0.6 is 0 Å². The number of fused-ring (bicyclic) bond motifs is 2. The molecule has 4 rings (SSSR count). The predicted molar refractivity (Wildman–Crippen MR) is 103 cm³/mol. The summed E-state index contributed by atoms with van der Waals surface area (Å²) in [5.41, 5.74) is -1.24. The zero-order valence-electron chi connectivity index (χ0n) is 16.6. The summed E-state index contributed by atoms with van der Waals surface area (Å²) in [6.07, 6.45) is 1.32. The van der Waals surface area contributed by atoms with E-state index in [-0.39, 0.29) is 36.0 Å². The van der Waals surface area contributed by atoms with E-state index in [9.17, 15) is 23.2 Å². The van der Waals surface area contributed by atoms with E-state index < -0.39 is 40.9 Å². The number of halogens is 2. The maximum Gasteiger partial charge on any atom is 0.276 e. The number of hydrogen-bond donors (Lipinski definition) is 2. The molecule has 2 amide bonds. The van der Waals surface area contributed by atoms with Gasteiger partial charge in [0.1, 0.15) is 17.2 Å². The minimum Gasteiger partial charge on any atom is -0.405 e. The monoisotopic (exact) mass is 434 g/mol. The Labute approximate surface area is 175 Å². The average molecular weight is 434 g/mol. The molecule has 0 radical (unpaired) electrons. The van der Waals surface area contributed by atoms with Crippen LogP contribution in [0.4, 0.5) is 8.78 Å². The standard InChI is InChI=1S/C20H20F2N4O5/c1-10-4-5-30-15-9-25-8-13(17(27)18(31-23)16(25)20(29)26(10)15)19(28)24-7-11-2-3-12(21)6-14(11)22/h2-3,6,8,10,15H,4-5,7,9,23H2,1H3,(H,24,28)/t10-,15?/m1/s1. The van der Waals surface area contributed by atoms with Crippen molar-refractivity contribution in [3.8, 4) is 5.75 Å². The second-order valence-corrected chi connectivity index (χ2v) is 7.41. The summed E-state index contributed by atoms with van der Waals surface area (Å²) >= 11 is 0. The molecule has 0 spiro atoms. The molecule has 2 aliphatic rings. The second kappa shape index (κ2) is 8.08. The van der Waals surface area contributed by atoms with Crippen LogP contribution in [-0.4, -0.2) is 40.2 Å². The van der Waals surface area contributed by atoms with Gasteiger partial charge in [-0.3, -0.25) is 14.4 Å². The molecule has 1 aromatic carbocycles. The van der Waals surface area contributed by atoms with Crippen LogP contribution < -0.4 is 21.5 Å². The largest absolute Gasteiger partial charge is 0.405 e. The van der Waals surface area contributed by atoms with Crippen LogP contribution in [-0.2, 0) is 17.8 Å². The van der Waals surface area contributed by atoms with Gasteiger partial charge in [-0.15, -0.1) is 0 Å². The molecule has 164 valence electrons. The molecule has 2 aliphatic heterocycles. The van der Waals surface area contributed by atoms with Crippen LogP contribution in [0.5, 0.6) is 5.75 Å². The number of hydrogen-bond acceptors (Lipinski definition) is 6. The number of rotatable bonds is 4. The van der Waals surface area contributed by atoms with E-state index in [1.807, 2.05) is 6.92 Å². The minimum absolute atomic E-state index is 0.0403. The highest BCUT2D eigenvalue weighted by Gasteiger charge is 2.41. The highest BCUT2D eigenvalue weighted by Crippen LogP contribution is 2.29. The average Bonchev–Trinajstić information content (AvgIpc) is 2.73. The lowest BCUT2D eigenvalue weighted by atomic mass is 10.1. The molecule has 3 N–H and O–H groups in total. The number of ether oxygens (including phenoxy) is 1. The molecule has 0 bridgehead atoms. The lowest BCUT2D eigenvalue weighted by Crippen LogP contribution is -2.57. The fourth-order valence-corrected chi connectivity index (χ4v) is 3.85. The van der Waals surface area contributed by atoms with Crippen molar-refractivity contribution in [2.24, 2.45) is 5.90 Å². The smallest absolute Gasteiger partial charge is 0.276 e. The van der Waals surface area contributed by atoms with E-state index in [0.717, 1.165) is 6.07 Å². The Morgan fingerprint density at radius 3 is 2.84 bits per heavy atom. The number of carbonyl (C=O) groups is 2. The molecule has 1 aromatic heterocycles. The fraction of sp³-hybridized carbons (Fsp3) is 0.350. The zero-order chi connectivity index (χ0) is 22.3. The van der Waals surface area contributed by atoms with Gasteiger partial charge in [0.25, 0.3) is 11.8 Å². The van der Waals surface area contributed by atoms with Gasteiger partial charge >= 0.3 is 0 Å². The number of nitrogens with zero attached hydrogens (tertiary/aromatic N) is 2. The summed E-state index contributed by atoms with van der Waals surface area (Å²) < 4.78 is 33.9. The van der Waals surface area contributed by atoms with Crippen molar-refractivity contribution in [3.63, 3.8) is 0 Å². The normalized spacial score (nSPS) is 20.1. The molecule has 1 unspecified atom stereocenters. The predicted octanol–water partition coefficient (Wildman–Crippen LogP) is 0.900. The summed E-state index contributed by atoms with van der Waals surface area (Å²) in [6.45, 7) is 2.25. The van der Waals surface area contributed by atoms with E-state index in [2.05, 4.69) is 5.32 Å². The number of pyridine rings is 1. The van der Waals surface area contributed by atoms with Crippen LogP contribution in [0, 0.1) is 11.6 Å². The molecule has 11 heteroatoms. The topological polar surface area (TPSA) is 116 Å². The Morgan fingerprint density at radius 2 is 2.13 bits per heavy atom. The van der Waals surface area contributed by atoms with Gasteiger partial charge in [0, 0.05) is 30.4 Å². The molecular formula is C20H20F2N4O5. The van der Waals surface area contributed by atoms with Gasteiger partial charge in [-0.05, 0) is 19.4 Å². The second-order valence-electron chi connectivity index (χ2n) is 7.41. The van der Waals surface area contributed by atoms with Gasteiger partial charge in [-0.25, -0.2) is 8.78 Å². The van der Waals surface area contributed by atoms with E-state index in [0.29, 0.717) is 19.1 Å². The van der Waals surface area contributed by atoms with Crippen molar-refractivity contribution >= 4 is 11.8 Å². The highest BCUT2D eigenvalue weighted by atomic mass is 19.1. The quantitative estimate of drug-likeness (QED) is 0.691. The number of carbonyl (C=O) groups excluding carboxylic acids is 2.